The number of hydrogen-bond donors (Lipinski definition) is 0. The number of imidazole rings is 1. The molecule has 1 atom stereocenters. The highest BCUT2D eigenvalue weighted by Crippen LogP contribution is 2.38. The molecule has 1 saturated carbocycles. The average Bonchev–Trinajstić information content (AvgIpc) is 2.97. The third-order valence-corrected chi connectivity index (χ3v) is 3.26. The molecule has 0 radical (unpaired) electrons. The summed E-state index contributed by atoms with van der Waals surface area (Å²) in [7, 11) is 0. The summed E-state index contributed by atoms with van der Waals surface area (Å²) in [5.41, 5.74) is 0. The molecule has 0 amide bonds. The van der Waals surface area contributed by atoms with Crippen molar-refractivity contribution < 1.29 is 9.26 Å². The standard InChI is InChI=1S/C13H18N4O2/c1-3-18-9(2)13-14-6-7-17(13)8-11-15-12(16-19-11)10-4-5-10/h6-7,9-10H,3-5,8H2,1-2H3. The monoisotopic (exact) mass is 262 g/mol. The van der Waals surface area contributed by atoms with Crippen LogP contribution in [0, 0.1) is 0 Å². The summed E-state index contributed by atoms with van der Waals surface area (Å²) in [5, 5.41) is 4.02. The third kappa shape index (κ3) is 2.68. The Bertz CT molecular complexity index is 544. The van der Waals surface area contributed by atoms with Crippen molar-refractivity contribution in [1.82, 2.24) is 19.7 Å². The number of ether oxygens (including phenoxy) is 1. The van der Waals surface area contributed by atoms with E-state index in [1.54, 1.807) is 6.20 Å². The molecule has 0 aliphatic heterocycles. The Morgan fingerprint density at radius 3 is 3.11 bits per heavy atom. The van der Waals surface area contributed by atoms with Crippen LogP contribution in [0.5, 0.6) is 0 Å². The molecular formula is C13H18N4O2. The van der Waals surface area contributed by atoms with Gasteiger partial charge in [-0.3, -0.25) is 0 Å². The van der Waals surface area contributed by atoms with Crippen molar-refractivity contribution >= 4 is 0 Å². The number of aromatic nitrogens is 4. The Kier molecular flexibility index (Phi) is 3.33. The maximum atomic E-state index is 5.57. The Balaban J connectivity index is 1.73. The second kappa shape index (κ2) is 5.13. The van der Waals surface area contributed by atoms with Gasteiger partial charge in [0.05, 0.1) is 0 Å². The summed E-state index contributed by atoms with van der Waals surface area (Å²) < 4.78 is 12.8. The van der Waals surface area contributed by atoms with Crippen LogP contribution >= 0.6 is 0 Å². The van der Waals surface area contributed by atoms with Gasteiger partial charge in [0.1, 0.15) is 18.5 Å². The van der Waals surface area contributed by atoms with E-state index >= 15 is 0 Å². The Morgan fingerprint density at radius 1 is 1.53 bits per heavy atom. The van der Waals surface area contributed by atoms with Crippen molar-refractivity contribution in [2.75, 3.05) is 6.61 Å². The lowest BCUT2D eigenvalue weighted by molar-refractivity contribution is 0.0675. The summed E-state index contributed by atoms with van der Waals surface area (Å²) >= 11 is 0. The van der Waals surface area contributed by atoms with Crippen LogP contribution in [-0.4, -0.2) is 26.3 Å². The molecule has 2 aromatic rings. The van der Waals surface area contributed by atoms with Gasteiger partial charge in [-0.15, -0.1) is 0 Å². The predicted octanol–water partition coefficient (Wildman–Crippen LogP) is 2.29. The minimum Gasteiger partial charge on any atom is -0.371 e. The molecule has 0 bridgehead atoms. The molecule has 0 spiro atoms. The van der Waals surface area contributed by atoms with E-state index in [1.807, 2.05) is 24.6 Å². The molecule has 0 saturated heterocycles. The SMILES string of the molecule is CCOC(C)c1nccn1Cc1nc(C2CC2)no1. The number of nitrogens with zero attached hydrogens (tertiary/aromatic N) is 4. The fourth-order valence-corrected chi connectivity index (χ4v) is 2.12. The molecule has 3 rings (SSSR count). The van der Waals surface area contributed by atoms with Gasteiger partial charge >= 0.3 is 0 Å². The first-order valence-corrected chi connectivity index (χ1v) is 6.73. The molecule has 1 unspecified atom stereocenters. The maximum absolute atomic E-state index is 5.57. The lowest BCUT2D eigenvalue weighted by Crippen LogP contribution is -2.10. The molecule has 1 aliphatic carbocycles. The molecular weight excluding hydrogens is 244 g/mol. The van der Waals surface area contributed by atoms with Crippen molar-refractivity contribution in [3.8, 4) is 0 Å². The van der Waals surface area contributed by atoms with Crippen LogP contribution in [0.3, 0.4) is 0 Å². The van der Waals surface area contributed by atoms with Crippen LogP contribution in [-0.2, 0) is 11.3 Å². The van der Waals surface area contributed by atoms with Crippen LogP contribution in [0.4, 0.5) is 0 Å². The van der Waals surface area contributed by atoms with E-state index in [0.717, 1.165) is 11.6 Å². The van der Waals surface area contributed by atoms with Gasteiger partial charge in [0, 0.05) is 24.9 Å². The Morgan fingerprint density at radius 2 is 2.37 bits per heavy atom. The Hall–Kier alpha value is -1.69. The lowest BCUT2D eigenvalue weighted by Gasteiger charge is -2.12. The summed E-state index contributed by atoms with van der Waals surface area (Å²) in [5.74, 6) is 2.87. The molecule has 2 aromatic heterocycles. The normalized spacial score (nSPS) is 16.7. The Labute approximate surface area is 111 Å². The summed E-state index contributed by atoms with van der Waals surface area (Å²) in [6, 6.07) is 0. The van der Waals surface area contributed by atoms with E-state index in [4.69, 9.17) is 9.26 Å². The molecule has 1 aliphatic rings. The van der Waals surface area contributed by atoms with E-state index in [0.29, 0.717) is 25.0 Å². The molecule has 0 N–H and O–H groups in total. The predicted molar refractivity (Wildman–Crippen MR) is 67.6 cm³/mol. The zero-order chi connectivity index (χ0) is 13.2. The smallest absolute Gasteiger partial charge is 0.246 e. The van der Waals surface area contributed by atoms with E-state index in [9.17, 15) is 0 Å². The summed E-state index contributed by atoms with van der Waals surface area (Å²) in [6.45, 7) is 5.18. The van der Waals surface area contributed by atoms with Gasteiger partial charge in [0.15, 0.2) is 5.82 Å². The first kappa shape index (κ1) is 12.3. The number of rotatable bonds is 6. The first-order valence-electron chi connectivity index (χ1n) is 6.73. The van der Waals surface area contributed by atoms with Gasteiger partial charge in [-0.05, 0) is 26.7 Å². The fraction of sp³-hybridized carbons (Fsp3) is 0.615. The van der Waals surface area contributed by atoms with Crippen molar-refractivity contribution in [2.24, 2.45) is 0 Å². The van der Waals surface area contributed by atoms with Crippen molar-refractivity contribution in [3.63, 3.8) is 0 Å². The first-order chi connectivity index (χ1) is 9.28. The van der Waals surface area contributed by atoms with Crippen LogP contribution in [0.25, 0.3) is 0 Å². The number of hydrogen-bond acceptors (Lipinski definition) is 5. The van der Waals surface area contributed by atoms with Crippen molar-refractivity contribution in [2.45, 2.75) is 45.3 Å². The molecule has 6 nitrogen and oxygen atoms in total. The van der Waals surface area contributed by atoms with E-state index < -0.39 is 0 Å². The zero-order valence-electron chi connectivity index (χ0n) is 11.2. The minimum atomic E-state index is -0.0363. The molecule has 102 valence electrons. The molecule has 6 heteroatoms. The average molecular weight is 262 g/mol. The zero-order valence-corrected chi connectivity index (χ0v) is 11.2. The largest absolute Gasteiger partial charge is 0.371 e. The summed E-state index contributed by atoms with van der Waals surface area (Å²) in [4.78, 5) is 8.76. The second-order valence-electron chi connectivity index (χ2n) is 4.83. The molecule has 1 fully saturated rings. The van der Waals surface area contributed by atoms with Crippen LogP contribution in [0.2, 0.25) is 0 Å². The van der Waals surface area contributed by atoms with E-state index in [-0.39, 0.29) is 6.10 Å². The topological polar surface area (TPSA) is 66.0 Å². The van der Waals surface area contributed by atoms with Gasteiger partial charge in [-0.1, -0.05) is 5.16 Å². The van der Waals surface area contributed by atoms with Gasteiger partial charge in [0.2, 0.25) is 5.89 Å². The highest BCUT2D eigenvalue weighted by atomic mass is 16.5. The van der Waals surface area contributed by atoms with Crippen molar-refractivity contribution in [3.05, 3.63) is 29.9 Å². The highest BCUT2D eigenvalue weighted by Gasteiger charge is 2.28. The van der Waals surface area contributed by atoms with Gasteiger partial charge in [0.25, 0.3) is 0 Å². The van der Waals surface area contributed by atoms with Crippen LogP contribution in [0.1, 0.15) is 56.3 Å². The highest BCUT2D eigenvalue weighted by molar-refractivity contribution is 5.04. The van der Waals surface area contributed by atoms with Crippen molar-refractivity contribution in [1.29, 1.82) is 0 Å². The lowest BCUT2D eigenvalue weighted by atomic mass is 10.3. The quantitative estimate of drug-likeness (QED) is 0.799. The minimum absolute atomic E-state index is 0.0363. The second-order valence-corrected chi connectivity index (χ2v) is 4.83. The molecule has 2 heterocycles. The molecule has 0 aromatic carbocycles. The van der Waals surface area contributed by atoms with Gasteiger partial charge < -0.3 is 13.8 Å². The van der Waals surface area contributed by atoms with Crippen LogP contribution in [0.15, 0.2) is 16.9 Å². The van der Waals surface area contributed by atoms with Gasteiger partial charge in [-0.2, -0.15) is 4.98 Å². The van der Waals surface area contributed by atoms with E-state index in [1.165, 1.54) is 12.8 Å². The summed E-state index contributed by atoms with van der Waals surface area (Å²) in [6.07, 6.45) is 5.99. The third-order valence-electron chi connectivity index (χ3n) is 3.26. The van der Waals surface area contributed by atoms with Gasteiger partial charge in [-0.25, -0.2) is 4.98 Å². The maximum Gasteiger partial charge on any atom is 0.246 e. The molecule has 19 heavy (non-hydrogen) atoms. The van der Waals surface area contributed by atoms with Crippen LogP contribution < -0.4 is 0 Å². The van der Waals surface area contributed by atoms with E-state index in [2.05, 4.69) is 15.1 Å². The fourth-order valence-electron chi connectivity index (χ4n) is 2.12.